The number of hydrogen-bond donors (Lipinski definition) is 3. The lowest BCUT2D eigenvalue weighted by atomic mass is 10.2. The maximum Gasteiger partial charge on any atom is 0.241 e. The number of carbonyl (C=O) groups is 1. The molecule has 0 radical (unpaired) electrons. The molecule has 0 spiro atoms. The van der Waals surface area contributed by atoms with Crippen molar-refractivity contribution < 1.29 is 14.3 Å². The second-order valence-electron chi connectivity index (χ2n) is 5.57. The lowest BCUT2D eigenvalue weighted by Gasteiger charge is -2.12. The van der Waals surface area contributed by atoms with Crippen LogP contribution in [0.3, 0.4) is 0 Å². The zero-order valence-electron chi connectivity index (χ0n) is 14.9. The Morgan fingerprint density at radius 1 is 1.08 bits per heavy atom. The Hall–Kier alpha value is -2.80. The van der Waals surface area contributed by atoms with Gasteiger partial charge in [0.15, 0.2) is 5.11 Å². The first-order valence-electron chi connectivity index (χ1n) is 8.22. The average Bonchev–Trinajstić information content (AvgIpc) is 2.66. The fourth-order valence-corrected chi connectivity index (χ4v) is 2.25. The number of amides is 1. The van der Waals surface area contributed by atoms with Gasteiger partial charge in [0.05, 0.1) is 20.1 Å². The summed E-state index contributed by atoms with van der Waals surface area (Å²) >= 11 is 5.13. The lowest BCUT2D eigenvalue weighted by molar-refractivity contribution is -0.122. The molecule has 26 heavy (non-hydrogen) atoms. The lowest BCUT2D eigenvalue weighted by Crippen LogP contribution is -2.46. The van der Waals surface area contributed by atoms with Crippen LogP contribution < -0.4 is 25.6 Å². The minimum Gasteiger partial charge on any atom is -0.497 e. The molecule has 1 amide bonds. The van der Waals surface area contributed by atoms with Crippen molar-refractivity contribution in [3.8, 4) is 11.5 Å². The number of nitrogens with one attached hydrogen (secondary N) is 3. The number of aryl methyl sites for hydroxylation is 1. The fourth-order valence-electron chi connectivity index (χ4n) is 2.13. The molecule has 0 aliphatic heterocycles. The van der Waals surface area contributed by atoms with E-state index in [9.17, 15) is 4.79 Å². The van der Waals surface area contributed by atoms with Gasteiger partial charge in [-0.2, -0.15) is 0 Å². The first kappa shape index (κ1) is 19.5. The van der Waals surface area contributed by atoms with Crippen molar-refractivity contribution in [2.45, 2.75) is 19.9 Å². The summed E-state index contributed by atoms with van der Waals surface area (Å²) in [5.41, 5.74) is 7.31. The molecule has 0 aliphatic rings. The highest BCUT2D eigenvalue weighted by Gasteiger charge is 2.04. The molecule has 0 aromatic heterocycles. The molecule has 2 rings (SSSR count). The van der Waals surface area contributed by atoms with Gasteiger partial charge in [-0.1, -0.05) is 30.3 Å². The maximum absolute atomic E-state index is 11.8. The van der Waals surface area contributed by atoms with Crippen LogP contribution in [0.2, 0.25) is 0 Å². The number of thiocarbonyl (C=S) groups is 1. The van der Waals surface area contributed by atoms with Gasteiger partial charge in [-0.3, -0.25) is 15.6 Å². The van der Waals surface area contributed by atoms with Crippen LogP contribution in [0.5, 0.6) is 11.5 Å². The predicted molar refractivity (Wildman–Crippen MR) is 105 cm³/mol. The summed E-state index contributed by atoms with van der Waals surface area (Å²) in [6.07, 6.45) is 0.225. The molecule has 0 fully saturated rings. The molecule has 0 atom stereocenters. The molecule has 6 nitrogen and oxygen atoms in total. The number of para-hydroxylation sites is 1. The van der Waals surface area contributed by atoms with Crippen molar-refractivity contribution in [1.29, 1.82) is 0 Å². The normalized spacial score (nSPS) is 9.92. The van der Waals surface area contributed by atoms with Gasteiger partial charge in [0, 0.05) is 6.54 Å². The molecular weight excluding hydrogens is 350 g/mol. The van der Waals surface area contributed by atoms with Gasteiger partial charge in [-0.25, -0.2) is 0 Å². The third-order valence-electron chi connectivity index (χ3n) is 3.61. The third-order valence-corrected chi connectivity index (χ3v) is 3.85. The van der Waals surface area contributed by atoms with E-state index < -0.39 is 0 Å². The standard InChI is InChI=1S/C19H23N3O3S/c1-14-5-3-4-6-17(14)25-12-11-18(23)21-22-19(26)20-13-15-7-9-16(24-2)10-8-15/h3-10H,11-13H2,1-2H3,(H,21,23)(H2,20,22,26). The Balaban J connectivity index is 1.62. The van der Waals surface area contributed by atoms with Crippen LogP contribution in [0.15, 0.2) is 48.5 Å². The summed E-state index contributed by atoms with van der Waals surface area (Å²) in [6, 6.07) is 15.3. The van der Waals surface area contributed by atoms with E-state index in [0.717, 1.165) is 22.6 Å². The van der Waals surface area contributed by atoms with Crippen LogP contribution in [0.25, 0.3) is 0 Å². The Kier molecular flexibility index (Phi) is 7.70. The SMILES string of the molecule is COc1ccc(CNC(=S)NNC(=O)CCOc2ccccc2C)cc1. The zero-order chi connectivity index (χ0) is 18.8. The van der Waals surface area contributed by atoms with E-state index in [1.807, 2.05) is 55.5 Å². The van der Waals surface area contributed by atoms with Gasteiger partial charge in [-0.15, -0.1) is 0 Å². The first-order chi connectivity index (χ1) is 12.6. The highest BCUT2D eigenvalue weighted by molar-refractivity contribution is 7.80. The Morgan fingerprint density at radius 2 is 1.81 bits per heavy atom. The predicted octanol–water partition coefficient (Wildman–Crippen LogP) is 2.47. The van der Waals surface area contributed by atoms with Gasteiger partial charge in [0.25, 0.3) is 0 Å². The molecule has 0 bridgehead atoms. The topological polar surface area (TPSA) is 71.6 Å². The zero-order valence-corrected chi connectivity index (χ0v) is 15.7. The van der Waals surface area contributed by atoms with Gasteiger partial charge >= 0.3 is 0 Å². The second kappa shape index (κ2) is 10.2. The summed E-state index contributed by atoms with van der Waals surface area (Å²) < 4.78 is 10.7. The van der Waals surface area contributed by atoms with Crippen molar-refractivity contribution in [3.63, 3.8) is 0 Å². The molecular formula is C19H23N3O3S. The van der Waals surface area contributed by atoms with E-state index in [1.54, 1.807) is 7.11 Å². The van der Waals surface area contributed by atoms with E-state index in [4.69, 9.17) is 21.7 Å². The molecule has 2 aromatic rings. The monoisotopic (exact) mass is 373 g/mol. The highest BCUT2D eigenvalue weighted by atomic mass is 32.1. The number of benzene rings is 2. The van der Waals surface area contributed by atoms with Gasteiger partial charge in [-0.05, 0) is 48.5 Å². The van der Waals surface area contributed by atoms with E-state index in [2.05, 4.69) is 16.2 Å². The first-order valence-corrected chi connectivity index (χ1v) is 8.63. The van der Waals surface area contributed by atoms with Crippen LogP contribution in [-0.2, 0) is 11.3 Å². The average molecular weight is 373 g/mol. The molecule has 0 heterocycles. The molecule has 0 unspecified atom stereocenters. The summed E-state index contributed by atoms with van der Waals surface area (Å²) in [5, 5.41) is 3.36. The van der Waals surface area contributed by atoms with Crippen LogP contribution in [0.1, 0.15) is 17.5 Å². The Bertz CT molecular complexity index is 735. The number of hydrazine groups is 1. The molecule has 138 valence electrons. The van der Waals surface area contributed by atoms with E-state index in [1.165, 1.54) is 0 Å². The molecule has 3 N–H and O–H groups in total. The quantitative estimate of drug-likeness (QED) is 0.512. The molecule has 7 heteroatoms. The smallest absolute Gasteiger partial charge is 0.241 e. The number of carbonyl (C=O) groups excluding carboxylic acids is 1. The number of ether oxygens (including phenoxy) is 2. The van der Waals surface area contributed by atoms with Crippen molar-refractivity contribution in [2.24, 2.45) is 0 Å². The van der Waals surface area contributed by atoms with Crippen LogP contribution in [0.4, 0.5) is 0 Å². The maximum atomic E-state index is 11.8. The minimum atomic E-state index is -0.202. The van der Waals surface area contributed by atoms with E-state index in [-0.39, 0.29) is 12.3 Å². The van der Waals surface area contributed by atoms with E-state index in [0.29, 0.717) is 18.3 Å². The summed E-state index contributed by atoms with van der Waals surface area (Å²) in [4.78, 5) is 11.8. The van der Waals surface area contributed by atoms with Crippen LogP contribution in [-0.4, -0.2) is 24.7 Å². The largest absolute Gasteiger partial charge is 0.497 e. The van der Waals surface area contributed by atoms with Crippen LogP contribution >= 0.6 is 12.2 Å². The van der Waals surface area contributed by atoms with Gasteiger partial charge in [0.2, 0.25) is 5.91 Å². The number of hydrogen-bond acceptors (Lipinski definition) is 4. The van der Waals surface area contributed by atoms with Crippen molar-refractivity contribution in [2.75, 3.05) is 13.7 Å². The van der Waals surface area contributed by atoms with Crippen LogP contribution in [0, 0.1) is 6.92 Å². The van der Waals surface area contributed by atoms with Gasteiger partial charge < -0.3 is 14.8 Å². The molecule has 0 saturated heterocycles. The fraction of sp³-hybridized carbons (Fsp3) is 0.263. The summed E-state index contributed by atoms with van der Waals surface area (Å²) in [5.74, 6) is 1.38. The molecule has 2 aromatic carbocycles. The Labute approximate surface area is 158 Å². The van der Waals surface area contributed by atoms with Gasteiger partial charge in [0.1, 0.15) is 11.5 Å². The van der Waals surface area contributed by atoms with Crippen molar-refractivity contribution >= 4 is 23.2 Å². The highest BCUT2D eigenvalue weighted by Crippen LogP contribution is 2.16. The molecule has 0 aliphatic carbocycles. The van der Waals surface area contributed by atoms with E-state index >= 15 is 0 Å². The van der Waals surface area contributed by atoms with Crippen molar-refractivity contribution in [3.05, 3.63) is 59.7 Å². The number of methoxy groups -OCH3 is 1. The summed E-state index contributed by atoms with van der Waals surface area (Å²) in [7, 11) is 1.63. The minimum absolute atomic E-state index is 0.202. The Morgan fingerprint density at radius 3 is 2.50 bits per heavy atom. The molecule has 0 saturated carbocycles. The van der Waals surface area contributed by atoms with Crippen molar-refractivity contribution in [1.82, 2.24) is 16.2 Å². The third kappa shape index (κ3) is 6.60. The second-order valence-corrected chi connectivity index (χ2v) is 5.98. The number of rotatable bonds is 7. The summed E-state index contributed by atoms with van der Waals surface area (Å²) in [6.45, 7) is 2.80.